The zero-order valence-electron chi connectivity index (χ0n) is 10.7. The minimum atomic E-state index is -1.27. The highest BCUT2D eigenvalue weighted by atomic mass is 16.7. The minimum absolute atomic E-state index is 0.0611. The summed E-state index contributed by atoms with van der Waals surface area (Å²) in [5.41, 5.74) is 1.49. The molecule has 2 rings (SSSR count). The van der Waals surface area contributed by atoms with Crippen LogP contribution in [0.4, 0.5) is 0 Å². The number of hydroxylamine groups is 3. The highest BCUT2D eigenvalue weighted by Gasteiger charge is 2.51. The molecule has 0 aliphatic heterocycles. The number of carbonyl (C=O) groups excluding carboxylic acids is 1. The third-order valence-corrected chi connectivity index (χ3v) is 3.19. The zero-order valence-corrected chi connectivity index (χ0v) is 10.7. The summed E-state index contributed by atoms with van der Waals surface area (Å²) in [6.07, 6.45) is 0.714. The molecular weight excluding hydrogens is 264 g/mol. The van der Waals surface area contributed by atoms with Crippen LogP contribution in [0, 0.1) is 5.21 Å². The van der Waals surface area contributed by atoms with Crippen molar-refractivity contribution in [3.05, 3.63) is 41.1 Å². The van der Waals surface area contributed by atoms with Crippen molar-refractivity contribution in [3.63, 3.8) is 0 Å². The maximum Gasteiger partial charge on any atom is 0.356 e. The van der Waals surface area contributed by atoms with E-state index in [1.54, 1.807) is 30.3 Å². The van der Waals surface area contributed by atoms with Gasteiger partial charge in [-0.2, -0.15) is 5.48 Å². The lowest BCUT2D eigenvalue weighted by molar-refractivity contribution is -0.144. The van der Waals surface area contributed by atoms with Gasteiger partial charge in [0.1, 0.15) is 5.54 Å². The van der Waals surface area contributed by atoms with E-state index in [1.165, 1.54) is 0 Å². The highest BCUT2D eigenvalue weighted by Crippen LogP contribution is 2.41. The Hall–Kier alpha value is -1.96. The Labute approximate surface area is 115 Å². The number of carboxylic acids is 1. The Kier molecular flexibility index (Phi) is 4.33. The van der Waals surface area contributed by atoms with Gasteiger partial charge in [0.15, 0.2) is 0 Å². The van der Waals surface area contributed by atoms with E-state index in [0.717, 1.165) is 0 Å². The normalized spacial score (nSPS) is 15.9. The second kappa shape index (κ2) is 6.00. The first-order valence-electron chi connectivity index (χ1n) is 6.23. The van der Waals surface area contributed by atoms with E-state index in [9.17, 15) is 14.8 Å². The Morgan fingerprint density at radius 1 is 1.35 bits per heavy atom. The van der Waals surface area contributed by atoms with Crippen molar-refractivity contribution >= 4 is 11.9 Å². The number of carboxylic acid groups (broad SMARTS) is 1. The second-order valence-corrected chi connectivity index (χ2v) is 4.59. The Bertz CT molecular complexity index is 487. The molecule has 1 aromatic carbocycles. The predicted molar refractivity (Wildman–Crippen MR) is 69.5 cm³/mol. The van der Waals surface area contributed by atoms with Crippen LogP contribution in [0.25, 0.3) is 0 Å². The fourth-order valence-corrected chi connectivity index (χ4v) is 1.80. The van der Waals surface area contributed by atoms with Gasteiger partial charge in [-0.3, -0.25) is 4.79 Å². The molecular formula is C13H15N2O5-. The quantitative estimate of drug-likeness (QED) is 0.561. The van der Waals surface area contributed by atoms with Gasteiger partial charge in [-0.1, -0.05) is 18.2 Å². The summed E-state index contributed by atoms with van der Waals surface area (Å²) in [6, 6.07) is 8.40. The number of benzene rings is 1. The number of hydrogen-bond acceptors (Lipinski definition) is 6. The van der Waals surface area contributed by atoms with Gasteiger partial charge in [0.2, 0.25) is 0 Å². The van der Waals surface area contributed by atoms with Crippen molar-refractivity contribution in [2.75, 3.05) is 13.1 Å². The van der Waals surface area contributed by atoms with Crippen LogP contribution in [-0.4, -0.2) is 40.7 Å². The first kappa shape index (κ1) is 14.4. The SMILES string of the molecule is O=C(ONCCN([O-])C1(C(=O)O)CC1)c1ccccc1. The van der Waals surface area contributed by atoms with Gasteiger partial charge < -0.3 is 20.2 Å². The molecule has 0 saturated heterocycles. The molecule has 0 amide bonds. The largest absolute Gasteiger partial charge is 0.784 e. The molecule has 1 aliphatic rings. The third-order valence-electron chi connectivity index (χ3n) is 3.19. The first-order chi connectivity index (χ1) is 9.56. The van der Waals surface area contributed by atoms with E-state index in [4.69, 9.17) is 9.94 Å². The van der Waals surface area contributed by atoms with Crippen LogP contribution in [-0.2, 0) is 9.63 Å². The Morgan fingerprint density at radius 3 is 2.55 bits per heavy atom. The lowest BCUT2D eigenvalue weighted by Crippen LogP contribution is -2.43. The van der Waals surface area contributed by atoms with Gasteiger partial charge in [-0.25, -0.2) is 4.79 Å². The lowest BCUT2D eigenvalue weighted by Gasteiger charge is -2.34. The maximum atomic E-state index is 11.6. The zero-order chi connectivity index (χ0) is 14.6. The molecule has 0 heterocycles. The predicted octanol–water partition coefficient (Wildman–Crippen LogP) is 0.765. The van der Waals surface area contributed by atoms with Gasteiger partial charge in [-0.15, -0.1) is 0 Å². The number of rotatable bonds is 7. The average Bonchev–Trinajstić information content (AvgIpc) is 3.25. The molecule has 0 bridgehead atoms. The van der Waals surface area contributed by atoms with Crippen LogP contribution < -0.4 is 5.48 Å². The Morgan fingerprint density at radius 2 is 2.00 bits per heavy atom. The van der Waals surface area contributed by atoms with Crippen molar-refractivity contribution in [2.45, 2.75) is 18.4 Å². The molecule has 0 spiro atoms. The van der Waals surface area contributed by atoms with Crippen LogP contribution in [0.3, 0.4) is 0 Å². The van der Waals surface area contributed by atoms with Crippen molar-refractivity contribution in [3.8, 4) is 0 Å². The minimum Gasteiger partial charge on any atom is -0.784 e. The van der Waals surface area contributed by atoms with Crippen molar-refractivity contribution in [2.24, 2.45) is 0 Å². The van der Waals surface area contributed by atoms with Crippen LogP contribution in [0.1, 0.15) is 23.2 Å². The van der Waals surface area contributed by atoms with Crippen LogP contribution in [0.15, 0.2) is 30.3 Å². The molecule has 7 heteroatoms. The molecule has 1 fully saturated rings. The summed E-state index contributed by atoms with van der Waals surface area (Å²) in [5.74, 6) is -1.66. The average molecular weight is 279 g/mol. The van der Waals surface area contributed by atoms with Gasteiger partial charge in [0.05, 0.1) is 5.56 Å². The standard InChI is InChI=1S/C13H15N2O5/c16-11(10-4-2-1-3-5-10)20-14-8-9-15(19)13(6-7-13)12(17)18/h1-5,14H,6-9H2,(H,17,18)/q-1. The molecule has 1 aromatic rings. The summed E-state index contributed by atoms with van der Waals surface area (Å²) in [7, 11) is 0. The second-order valence-electron chi connectivity index (χ2n) is 4.59. The molecule has 2 N–H and O–H groups in total. The third kappa shape index (κ3) is 3.13. The van der Waals surface area contributed by atoms with E-state index in [0.29, 0.717) is 23.5 Å². The number of nitrogens with one attached hydrogen (secondary N) is 1. The van der Waals surface area contributed by atoms with Gasteiger partial charge >= 0.3 is 11.9 Å². The molecule has 0 radical (unpaired) electrons. The number of carbonyl (C=O) groups is 2. The molecule has 20 heavy (non-hydrogen) atoms. The van der Waals surface area contributed by atoms with E-state index in [2.05, 4.69) is 5.48 Å². The van der Waals surface area contributed by atoms with Crippen molar-refractivity contribution in [1.29, 1.82) is 0 Å². The van der Waals surface area contributed by atoms with E-state index in [-0.39, 0.29) is 13.1 Å². The Balaban J connectivity index is 1.70. The maximum absolute atomic E-state index is 11.6. The molecule has 1 aliphatic carbocycles. The molecule has 0 aromatic heterocycles. The summed E-state index contributed by atoms with van der Waals surface area (Å²) >= 11 is 0. The summed E-state index contributed by atoms with van der Waals surface area (Å²) in [6.45, 7) is 0.00543. The first-order valence-corrected chi connectivity index (χ1v) is 6.23. The molecule has 7 nitrogen and oxygen atoms in total. The smallest absolute Gasteiger partial charge is 0.356 e. The van der Waals surface area contributed by atoms with Crippen LogP contribution in [0.5, 0.6) is 0 Å². The molecule has 108 valence electrons. The van der Waals surface area contributed by atoms with Crippen molar-refractivity contribution < 1.29 is 19.5 Å². The molecule has 0 unspecified atom stereocenters. The summed E-state index contributed by atoms with van der Waals surface area (Å²) in [4.78, 5) is 27.2. The highest BCUT2D eigenvalue weighted by molar-refractivity contribution is 5.89. The number of hydrogen-bond donors (Lipinski definition) is 2. The fourth-order valence-electron chi connectivity index (χ4n) is 1.80. The van der Waals surface area contributed by atoms with E-state index in [1.807, 2.05) is 0 Å². The lowest BCUT2D eigenvalue weighted by atomic mass is 10.2. The monoisotopic (exact) mass is 279 g/mol. The summed E-state index contributed by atoms with van der Waals surface area (Å²) < 4.78 is 0. The van der Waals surface area contributed by atoms with Crippen LogP contribution >= 0.6 is 0 Å². The molecule has 0 atom stereocenters. The number of nitrogens with zero attached hydrogens (tertiary/aromatic N) is 1. The summed E-state index contributed by atoms with van der Waals surface area (Å²) in [5, 5.41) is 21.1. The van der Waals surface area contributed by atoms with Crippen molar-refractivity contribution in [1.82, 2.24) is 10.5 Å². The van der Waals surface area contributed by atoms with E-state index >= 15 is 0 Å². The topological polar surface area (TPSA) is 102 Å². The van der Waals surface area contributed by atoms with Crippen LogP contribution in [0.2, 0.25) is 0 Å². The van der Waals surface area contributed by atoms with E-state index < -0.39 is 17.5 Å². The number of aliphatic carboxylic acids is 1. The van der Waals surface area contributed by atoms with Gasteiger partial charge in [0.25, 0.3) is 0 Å². The fraction of sp³-hybridized carbons (Fsp3) is 0.385. The van der Waals surface area contributed by atoms with Gasteiger partial charge in [0, 0.05) is 13.1 Å². The van der Waals surface area contributed by atoms with Gasteiger partial charge in [-0.05, 0) is 25.0 Å². The molecule has 1 saturated carbocycles.